The summed E-state index contributed by atoms with van der Waals surface area (Å²) in [5.74, 6) is -0.487. The summed E-state index contributed by atoms with van der Waals surface area (Å²) in [7, 11) is 3.35. The van der Waals surface area contributed by atoms with Crippen LogP contribution in [-0.4, -0.2) is 39.1 Å². The molecular weight excluding hydrogens is 347 g/mol. The maximum Gasteiger partial charge on any atom is 0.277 e. The van der Waals surface area contributed by atoms with Gasteiger partial charge in [0.25, 0.3) is 11.5 Å². The van der Waals surface area contributed by atoms with E-state index in [9.17, 15) is 14.0 Å². The lowest BCUT2D eigenvalue weighted by atomic mass is 10.1. The highest BCUT2D eigenvalue weighted by Gasteiger charge is 2.15. The van der Waals surface area contributed by atoms with Gasteiger partial charge in [0.1, 0.15) is 11.3 Å². The Balaban J connectivity index is 1.99. The van der Waals surface area contributed by atoms with Crippen LogP contribution in [0.15, 0.2) is 59.5 Å². The summed E-state index contributed by atoms with van der Waals surface area (Å²) < 4.78 is 16.4. The van der Waals surface area contributed by atoms with Crippen LogP contribution in [0.5, 0.6) is 0 Å². The molecule has 0 N–H and O–H groups in total. The molecule has 0 aliphatic heterocycles. The molecule has 0 radical (unpaired) electrons. The fourth-order valence-electron chi connectivity index (χ4n) is 3.14. The van der Waals surface area contributed by atoms with Crippen molar-refractivity contribution in [2.45, 2.75) is 6.54 Å². The van der Waals surface area contributed by atoms with Crippen LogP contribution in [0.4, 0.5) is 4.39 Å². The Labute approximate surface area is 154 Å². The molecule has 2 heterocycles. The molecule has 1 amide bonds. The van der Waals surface area contributed by atoms with Crippen molar-refractivity contribution >= 4 is 22.5 Å². The minimum Gasteiger partial charge on any atom is -0.345 e. The zero-order chi connectivity index (χ0) is 19.1. The van der Waals surface area contributed by atoms with Crippen molar-refractivity contribution in [2.75, 3.05) is 14.1 Å². The molecule has 4 aromatic rings. The van der Waals surface area contributed by atoms with Gasteiger partial charge in [0.2, 0.25) is 0 Å². The number of fused-ring (bicyclic) bond motifs is 3. The predicted octanol–water partition coefficient (Wildman–Crippen LogP) is 2.54. The van der Waals surface area contributed by atoms with E-state index >= 15 is 0 Å². The number of halogens is 1. The minimum absolute atomic E-state index is 0.154. The lowest BCUT2D eigenvalue weighted by molar-refractivity contribution is 0.0827. The second-order valence-corrected chi connectivity index (χ2v) is 6.55. The van der Waals surface area contributed by atoms with E-state index in [1.54, 1.807) is 65.8 Å². The summed E-state index contributed by atoms with van der Waals surface area (Å²) in [5.41, 5.74) is 2.79. The van der Waals surface area contributed by atoms with Gasteiger partial charge in [-0.05, 0) is 42.0 Å². The summed E-state index contributed by atoms with van der Waals surface area (Å²) >= 11 is 0. The second-order valence-electron chi connectivity index (χ2n) is 6.55. The Morgan fingerprint density at radius 2 is 1.78 bits per heavy atom. The normalized spacial score (nSPS) is 11.2. The van der Waals surface area contributed by atoms with Crippen molar-refractivity contribution in [1.29, 1.82) is 0 Å². The molecule has 6 nitrogen and oxygen atoms in total. The molecule has 0 saturated carbocycles. The van der Waals surface area contributed by atoms with Crippen LogP contribution >= 0.6 is 0 Å². The van der Waals surface area contributed by atoms with E-state index in [-0.39, 0.29) is 23.8 Å². The van der Waals surface area contributed by atoms with E-state index < -0.39 is 0 Å². The maximum absolute atomic E-state index is 13.2. The first-order valence-electron chi connectivity index (χ1n) is 8.42. The molecule has 0 fully saturated rings. The largest absolute Gasteiger partial charge is 0.345 e. The van der Waals surface area contributed by atoms with Gasteiger partial charge >= 0.3 is 0 Å². The lowest BCUT2D eigenvalue weighted by Crippen LogP contribution is -2.25. The van der Waals surface area contributed by atoms with Crippen LogP contribution in [0.2, 0.25) is 0 Å². The number of benzene rings is 2. The number of carbonyl (C=O) groups excluding carboxylic acids is 1. The lowest BCUT2D eigenvalue weighted by Gasteiger charge is -2.15. The number of nitrogens with zero attached hydrogens (tertiary/aromatic N) is 4. The van der Waals surface area contributed by atoms with Crippen LogP contribution in [0, 0.1) is 5.82 Å². The Kier molecular flexibility index (Phi) is 3.99. The minimum atomic E-state index is -0.332. The van der Waals surface area contributed by atoms with Gasteiger partial charge in [-0.15, -0.1) is 0 Å². The molecule has 0 aliphatic carbocycles. The van der Waals surface area contributed by atoms with Crippen molar-refractivity contribution < 1.29 is 9.18 Å². The van der Waals surface area contributed by atoms with E-state index in [2.05, 4.69) is 5.10 Å². The molecule has 0 saturated heterocycles. The third-order valence-electron chi connectivity index (χ3n) is 4.51. The van der Waals surface area contributed by atoms with Gasteiger partial charge in [-0.2, -0.15) is 5.10 Å². The number of hydrogen-bond acceptors (Lipinski definition) is 3. The van der Waals surface area contributed by atoms with E-state index in [1.165, 1.54) is 17.0 Å². The Hall–Kier alpha value is -3.48. The first kappa shape index (κ1) is 17.0. The predicted molar refractivity (Wildman–Crippen MR) is 100 cm³/mol. The van der Waals surface area contributed by atoms with Crippen LogP contribution in [0.3, 0.4) is 0 Å². The van der Waals surface area contributed by atoms with Crippen LogP contribution in [-0.2, 0) is 6.54 Å². The van der Waals surface area contributed by atoms with E-state index in [1.807, 2.05) is 0 Å². The van der Waals surface area contributed by atoms with Gasteiger partial charge in [-0.1, -0.05) is 12.1 Å². The first-order chi connectivity index (χ1) is 13.0. The summed E-state index contributed by atoms with van der Waals surface area (Å²) in [4.78, 5) is 26.9. The van der Waals surface area contributed by atoms with Gasteiger partial charge in [-0.3, -0.25) is 9.59 Å². The second kappa shape index (κ2) is 6.35. The monoisotopic (exact) mass is 364 g/mol. The molecule has 2 aromatic carbocycles. The Bertz CT molecular complexity index is 1220. The average molecular weight is 364 g/mol. The molecule has 0 unspecified atom stereocenters. The number of hydrogen-bond donors (Lipinski definition) is 0. The summed E-state index contributed by atoms with van der Waals surface area (Å²) in [6.45, 7) is 0.261. The highest BCUT2D eigenvalue weighted by atomic mass is 19.1. The number of aromatic nitrogens is 3. The van der Waals surface area contributed by atoms with Gasteiger partial charge < -0.3 is 9.47 Å². The summed E-state index contributed by atoms with van der Waals surface area (Å²) in [5, 5.41) is 4.24. The first-order valence-corrected chi connectivity index (χ1v) is 8.42. The Morgan fingerprint density at radius 3 is 2.48 bits per heavy atom. The number of rotatable bonds is 3. The highest BCUT2D eigenvalue weighted by molar-refractivity contribution is 5.97. The zero-order valence-corrected chi connectivity index (χ0v) is 14.9. The SMILES string of the molecule is CN(C)C(=O)c1ccc2c(c1)n(Cc1ccc(F)cc1)c(=O)c1ccnn12. The smallest absolute Gasteiger partial charge is 0.277 e. The van der Waals surface area contributed by atoms with Gasteiger partial charge in [0.05, 0.1) is 23.8 Å². The molecular formula is C20H17FN4O2. The highest BCUT2D eigenvalue weighted by Crippen LogP contribution is 2.18. The maximum atomic E-state index is 13.2. The van der Waals surface area contributed by atoms with Crippen molar-refractivity contribution in [2.24, 2.45) is 0 Å². The summed E-state index contributed by atoms with van der Waals surface area (Å²) in [6.07, 6.45) is 1.57. The average Bonchev–Trinajstić information content (AvgIpc) is 3.15. The molecule has 4 rings (SSSR count). The molecule has 136 valence electrons. The van der Waals surface area contributed by atoms with Gasteiger partial charge in [-0.25, -0.2) is 8.91 Å². The summed E-state index contributed by atoms with van der Waals surface area (Å²) in [6, 6.07) is 12.9. The third kappa shape index (κ3) is 2.87. The molecule has 0 aliphatic rings. The molecule has 0 spiro atoms. The van der Waals surface area contributed by atoms with Gasteiger partial charge in [0.15, 0.2) is 0 Å². The van der Waals surface area contributed by atoms with Crippen molar-refractivity contribution in [1.82, 2.24) is 19.1 Å². The molecule has 0 atom stereocenters. The topological polar surface area (TPSA) is 59.6 Å². The van der Waals surface area contributed by atoms with E-state index in [0.29, 0.717) is 22.1 Å². The fourth-order valence-corrected chi connectivity index (χ4v) is 3.14. The van der Waals surface area contributed by atoms with Gasteiger partial charge in [0, 0.05) is 19.7 Å². The third-order valence-corrected chi connectivity index (χ3v) is 4.51. The van der Waals surface area contributed by atoms with E-state index in [0.717, 1.165) is 5.56 Å². The molecule has 27 heavy (non-hydrogen) atoms. The fraction of sp³-hybridized carbons (Fsp3) is 0.150. The van der Waals surface area contributed by atoms with Crippen LogP contribution in [0.25, 0.3) is 16.6 Å². The molecule has 2 aromatic heterocycles. The standard InChI is InChI=1S/C20H17FN4O2/c1-23(2)19(26)14-5-8-16-18(11-14)24(12-13-3-6-15(21)7-4-13)20(27)17-9-10-22-25(16)17/h3-11H,12H2,1-2H3. The number of amides is 1. The quantitative estimate of drug-likeness (QED) is 0.561. The van der Waals surface area contributed by atoms with Crippen LogP contribution < -0.4 is 5.56 Å². The Morgan fingerprint density at radius 1 is 1.04 bits per heavy atom. The molecule has 7 heteroatoms. The van der Waals surface area contributed by atoms with Crippen molar-refractivity contribution in [3.8, 4) is 0 Å². The molecule has 0 bridgehead atoms. The van der Waals surface area contributed by atoms with Crippen LogP contribution in [0.1, 0.15) is 15.9 Å². The van der Waals surface area contributed by atoms with Crippen molar-refractivity contribution in [3.63, 3.8) is 0 Å². The van der Waals surface area contributed by atoms with E-state index in [4.69, 9.17) is 0 Å². The van der Waals surface area contributed by atoms with Crippen molar-refractivity contribution in [3.05, 3.63) is 82.0 Å². The number of carbonyl (C=O) groups is 1. The zero-order valence-electron chi connectivity index (χ0n) is 14.9.